The summed E-state index contributed by atoms with van der Waals surface area (Å²) in [5.74, 6) is -1.38. The molecular weight excluding hydrogens is 364 g/mol. The molecule has 2 rings (SSSR count). The average Bonchev–Trinajstić information content (AvgIpc) is 3.20. The second kappa shape index (κ2) is 10.1. The van der Waals surface area contributed by atoms with E-state index < -0.39 is 30.4 Å². The Morgan fingerprint density at radius 3 is 2.50 bits per heavy atom. The first-order valence-electron chi connectivity index (χ1n) is 8.95. The zero-order valence-electron chi connectivity index (χ0n) is 16.1. The van der Waals surface area contributed by atoms with Gasteiger partial charge < -0.3 is 24.5 Å². The van der Waals surface area contributed by atoms with Crippen LogP contribution in [-0.2, 0) is 14.3 Å². The number of rotatable bonds is 9. The second-order valence-electron chi connectivity index (χ2n) is 6.26. The molecule has 2 amide bonds. The molecule has 0 unspecified atom stereocenters. The molecule has 0 aliphatic heterocycles. The van der Waals surface area contributed by atoms with E-state index in [1.807, 2.05) is 6.92 Å². The summed E-state index contributed by atoms with van der Waals surface area (Å²) in [4.78, 5) is 36.6. The summed E-state index contributed by atoms with van der Waals surface area (Å²) in [7, 11) is 0. The molecule has 0 saturated heterocycles. The smallest absolute Gasteiger partial charge is 0.329 e. The number of hydrogen-bond acceptors (Lipinski definition) is 6. The Hall–Kier alpha value is -3.29. The lowest BCUT2D eigenvalue weighted by molar-refractivity contribution is -0.150. The van der Waals surface area contributed by atoms with Gasteiger partial charge >= 0.3 is 5.97 Å². The van der Waals surface area contributed by atoms with Gasteiger partial charge in [-0.05, 0) is 37.1 Å². The molecule has 28 heavy (non-hydrogen) atoms. The fourth-order valence-electron chi connectivity index (χ4n) is 2.38. The number of hydrogen-bond donors (Lipinski definition) is 2. The number of anilines is 1. The van der Waals surface area contributed by atoms with Crippen LogP contribution >= 0.6 is 0 Å². The predicted octanol–water partition coefficient (Wildman–Crippen LogP) is 2.61. The molecule has 1 aromatic heterocycles. The molecule has 0 saturated carbocycles. The zero-order chi connectivity index (χ0) is 20.5. The highest BCUT2D eigenvalue weighted by molar-refractivity contribution is 5.96. The van der Waals surface area contributed by atoms with E-state index in [4.69, 9.17) is 13.9 Å². The van der Waals surface area contributed by atoms with Crippen molar-refractivity contribution in [3.63, 3.8) is 0 Å². The van der Waals surface area contributed by atoms with Crippen molar-refractivity contribution in [3.05, 3.63) is 48.4 Å². The summed E-state index contributed by atoms with van der Waals surface area (Å²) in [5, 5.41) is 5.20. The molecule has 150 valence electrons. The largest absolute Gasteiger partial charge is 0.492 e. The van der Waals surface area contributed by atoms with Crippen molar-refractivity contribution in [3.8, 4) is 5.75 Å². The molecule has 0 bridgehead atoms. The average molecular weight is 388 g/mol. The number of esters is 1. The lowest BCUT2D eigenvalue weighted by atomic mass is 10.0. The van der Waals surface area contributed by atoms with Crippen molar-refractivity contribution in [2.45, 2.75) is 26.8 Å². The van der Waals surface area contributed by atoms with E-state index in [0.29, 0.717) is 18.0 Å². The predicted molar refractivity (Wildman–Crippen MR) is 102 cm³/mol. The summed E-state index contributed by atoms with van der Waals surface area (Å²) in [6, 6.07) is 9.10. The summed E-state index contributed by atoms with van der Waals surface area (Å²) in [5.41, 5.74) is 0.483. The quantitative estimate of drug-likeness (QED) is 0.640. The van der Waals surface area contributed by atoms with Crippen molar-refractivity contribution in [1.82, 2.24) is 5.32 Å². The van der Waals surface area contributed by atoms with Gasteiger partial charge in [0.15, 0.2) is 12.4 Å². The first-order valence-corrected chi connectivity index (χ1v) is 8.95. The Kier molecular flexibility index (Phi) is 7.62. The van der Waals surface area contributed by atoms with Crippen LogP contribution in [0.1, 0.15) is 31.3 Å². The van der Waals surface area contributed by atoms with Crippen molar-refractivity contribution < 1.29 is 28.3 Å². The molecule has 0 aliphatic rings. The van der Waals surface area contributed by atoms with Crippen molar-refractivity contribution >= 4 is 23.5 Å². The van der Waals surface area contributed by atoms with E-state index in [9.17, 15) is 14.4 Å². The standard InChI is InChI=1S/C20H24N2O6/c1-4-26-15-9-6-5-8-14(15)21-17(23)12-28-20(25)18(13(2)3)22-19(24)16-10-7-11-27-16/h5-11,13,18H,4,12H2,1-3H3,(H,21,23)(H,22,24)/t18-/m0/s1. The lowest BCUT2D eigenvalue weighted by Gasteiger charge is -2.20. The fourth-order valence-corrected chi connectivity index (χ4v) is 2.38. The van der Waals surface area contributed by atoms with Crippen LogP contribution in [0.25, 0.3) is 0 Å². The van der Waals surface area contributed by atoms with E-state index in [2.05, 4.69) is 10.6 Å². The first kappa shape index (κ1) is 21.0. The molecule has 0 fully saturated rings. The monoisotopic (exact) mass is 388 g/mol. The normalized spacial score (nSPS) is 11.6. The number of furan rings is 1. The van der Waals surface area contributed by atoms with Crippen molar-refractivity contribution in [1.29, 1.82) is 0 Å². The van der Waals surface area contributed by atoms with Crippen LogP contribution < -0.4 is 15.4 Å². The minimum atomic E-state index is -0.916. The molecule has 0 spiro atoms. The molecule has 2 aromatic rings. The molecule has 2 N–H and O–H groups in total. The van der Waals surface area contributed by atoms with Crippen molar-refractivity contribution in [2.75, 3.05) is 18.5 Å². The van der Waals surface area contributed by atoms with E-state index in [1.54, 1.807) is 44.2 Å². The topological polar surface area (TPSA) is 107 Å². The molecule has 1 heterocycles. The Balaban J connectivity index is 1.91. The van der Waals surface area contributed by atoms with Crippen LogP contribution in [0.4, 0.5) is 5.69 Å². The Bertz CT molecular complexity index is 801. The summed E-state index contributed by atoms with van der Waals surface area (Å²) < 4.78 is 15.5. The summed E-state index contributed by atoms with van der Waals surface area (Å²) in [6.07, 6.45) is 1.36. The van der Waals surface area contributed by atoms with Crippen LogP contribution in [0.15, 0.2) is 47.1 Å². The van der Waals surface area contributed by atoms with Gasteiger partial charge in [-0.2, -0.15) is 0 Å². The van der Waals surface area contributed by atoms with E-state index in [1.165, 1.54) is 12.3 Å². The highest BCUT2D eigenvalue weighted by Crippen LogP contribution is 2.23. The highest BCUT2D eigenvalue weighted by Gasteiger charge is 2.27. The van der Waals surface area contributed by atoms with Gasteiger partial charge in [0.1, 0.15) is 11.8 Å². The van der Waals surface area contributed by atoms with Crippen LogP contribution in [0.2, 0.25) is 0 Å². The Labute approximate surface area is 163 Å². The molecule has 8 heteroatoms. The summed E-state index contributed by atoms with van der Waals surface area (Å²) in [6.45, 7) is 5.31. The zero-order valence-corrected chi connectivity index (χ0v) is 16.1. The SMILES string of the molecule is CCOc1ccccc1NC(=O)COC(=O)[C@@H](NC(=O)c1ccco1)C(C)C. The van der Waals surface area contributed by atoms with Gasteiger partial charge in [-0.1, -0.05) is 26.0 Å². The second-order valence-corrected chi connectivity index (χ2v) is 6.26. The fraction of sp³-hybridized carbons (Fsp3) is 0.350. The van der Waals surface area contributed by atoms with Crippen molar-refractivity contribution in [2.24, 2.45) is 5.92 Å². The molecular formula is C20H24N2O6. The molecule has 0 aliphatic carbocycles. The Morgan fingerprint density at radius 1 is 1.11 bits per heavy atom. The van der Waals surface area contributed by atoms with Crippen LogP contribution in [-0.4, -0.2) is 37.0 Å². The lowest BCUT2D eigenvalue weighted by Crippen LogP contribution is -2.45. The van der Waals surface area contributed by atoms with Crippen LogP contribution in [0, 0.1) is 5.92 Å². The van der Waals surface area contributed by atoms with Gasteiger partial charge in [0.2, 0.25) is 0 Å². The van der Waals surface area contributed by atoms with Gasteiger partial charge in [0.25, 0.3) is 11.8 Å². The number of para-hydroxylation sites is 2. The van der Waals surface area contributed by atoms with Gasteiger partial charge in [0.05, 0.1) is 18.6 Å². The number of carbonyl (C=O) groups is 3. The Morgan fingerprint density at radius 2 is 1.86 bits per heavy atom. The van der Waals surface area contributed by atoms with E-state index >= 15 is 0 Å². The van der Waals surface area contributed by atoms with Gasteiger partial charge in [0, 0.05) is 0 Å². The molecule has 8 nitrogen and oxygen atoms in total. The van der Waals surface area contributed by atoms with Crippen LogP contribution in [0.3, 0.4) is 0 Å². The number of benzene rings is 1. The summed E-state index contributed by atoms with van der Waals surface area (Å²) >= 11 is 0. The maximum atomic E-state index is 12.3. The third-order valence-corrected chi connectivity index (χ3v) is 3.76. The van der Waals surface area contributed by atoms with Gasteiger partial charge in [-0.15, -0.1) is 0 Å². The number of ether oxygens (including phenoxy) is 2. The molecule has 1 aromatic carbocycles. The minimum absolute atomic E-state index is 0.0868. The van der Waals surface area contributed by atoms with E-state index in [-0.39, 0.29) is 11.7 Å². The first-order chi connectivity index (χ1) is 13.4. The number of carbonyl (C=O) groups excluding carboxylic acids is 3. The maximum absolute atomic E-state index is 12.3. The third kappa shape index (κ3) is 5.87. The molecule has 1 atom stereocenters. The number of amides is 2. The highest BCUT2D eigenvalue weighted by atomic mass is 16.5. The third-order valence-electron chi connectivity index (χ3n) is 3.76. The van der Waals surface area contributed by atoms with Gasteiger partial charge in [-0.3, -0.25) is 9.59 Å². The van der Waals surface area contributed by atoms with Gasteiger partial charge in [-0.25, -0.2) is 4.79 Å². The van der Waals surface area contributed by atoms with Crippen LogP contribution in [0.5, 0.6) is 5.75 Å². The maximum Gasteiger partial charge on any atom is 0.329 e. The number of nitrogens with one attached hydrogen (secondary N) is 2. The molecule has 0 radical (unpaired) electrons. The van der Waals surface area contributed by atoms with E-state index in [0.717, 1.165) is 0 Å². The minimum Gasteiger partial charge on any atom is -0.492 e.